The zero-order valence-corrected chi connectivity index (χ0v) is 44.7. The summed E-state index contributed by atoms with van der Waals surface area (Å²) in [6, 6.07) is 20.2. The van der Waals surface area contributed by atoms with E-state index in [4.69, 9.17) is 30.8 Å². The quantitative estimate of drug-likeness (QED) is 0.0508. The molecule has 8 rings (SSSR count). The Bertz CT molecular complexity index is 2950. The van der Waals surface area contributed by atoms with Crippen molar-refractivity contribution in [2.45, 2.75) is 98.0 Å². The molecule has 20 heteroatoms. The molecule has 1 saturated heterocycles. The molecule has 0 aliphatic carbocycles. The Kier molecular flexibility index (Phi) is 17.7. The summed E-state index contributed by atoms with van der Waals surface area (Å²) in [4.78, 5) is 67.1. The number of aromatic nitrogens is 4. The Labute approximate surface area is 443 Å². The number of hydrogen-bond acceptors (Lipinski definition) is 14. The highest BCUT2D eigenvalue weighted by Gasteiger charge is 2.44. The second-order valence-electron chi connectivity index (χ2n) is 19.5. The van der Waals surface area contributed by atoms with Gasteiger partial charge in [-0.3, -0.25) is 28.7 Å². The third-order valence-corrected chi connectivity index (χ3v) is 15.3. The van der Waals surface area contributed by atoms with Gasteiger partial charge in [-0.1, -0.05) is 68.8 Å². The van der Waals surface area contributed by atoms with E-state index < -0.39 is 41.5 Å². The summed E-state index contributed by atoms with van der Waals surface area (Å²) in [7, 11) is 0. The number of thiazole rings is 1. The van der Waals surface area contributed by atoms with Crippen molar-refractivity contribution < 1.29 is 38.5 Å². The average Bonchev–Trinajstić information content (AvgIpc) is 4.18. The summed E-state index contributed by atoms with van der Waals surface area (Å²) < 4.78 is 19.2. The first-order valence-electron chi connectivity index (χ1n) is 24.6. The number of carbonyl (C=O) groups excluding carboxylic acids is 4. The number of aryl methyl sites for hydroxylation is 2. The molecule has 74 heavy (non-hydrogen) atoms. The Hall–Kier alpha value is -6.35. The van der Waals surface area contributed by atoms with Crippen molar-refractivity contribution in [1.82, 2.24) is 35.3 Å². The van der Waals surface area contributed by atoms with Crippen molar-refractivity contribution in [3.63, 3.8) is 0 Å². The third kappa shape index (κ3) is 13.3. The molecule has 3 aromatic heterocycles. The van der Waals surface area contributed by atoms with Gasteiger partial charge in [-0.15, -0.1) is 32.9 Å². The third-order valence-electron chi connectivity index (χ3n) is 12.8. The number of benzene rings is 3. The maximum Gasteiger partial charge on any atom is 0.246 e. The number of aliphatic hydroxyl groups is 1. The van der Waals surface area contributed by atoms with Crippen molar-refractivity contribution in [2.24, 2.45) is 10.4 Å². The van der Waals surface area contributed by atoms with Crippen LogP contribution in [0.4, 0.5) is 5.69 Å². The van der Waals surface area contributed by atoms with Crippen LogP contribution < -0.4 is 20.7 Å². The largest absolute Gasteiger partial charge is 0.494 e. The molecule has 1 fully saturated rings. The summed E-state index contributed by atoms with van der Waals surface area (Å²) in [6.45, 7) is 13.2. The van der Waals surface area contributed by atoms with E-state index in [-0.39, 0.29) is 51.0 Å². The summed E-state index contributed by atoms with van der Waals surface area (Å²) in [5.74, 6) is -0.266. The van der Waals surface area contributed by atoms with Crippen LogP contribution in [0.3, 0.4) is 0 Å². The number of halogens is 1. The molecule has 17 nitrogen and oxygen atoms in total. The number of rotatable bonds is 21. The number of β-amino-alcohol motifs (C(OH)–C–C–N with tert-alkyl or cyclic N) is 1. The van der Waals surface area contributed by atoms with Gasteiger partial charge in [0.15, 0.2) is 5.82 Å². The molecule has 6 aromatic rings. The molecule has 4 amide bonds. The minimum Gasteiger partial charge on any atom is -0.494 e. The molecular weight excluding hydrogens is 1000 g/mol. The summed E-state index contributed by atoms with van der Waals surface area (Å²) >= 11 is 9.45. The lowest BCUT2D eigenvalue weighted by molar-refractivity contribution is -0.144. The second-order valence-corrected chi connectivity index (χ2v) is 22.0. The van der Waals surface area contributed by atoms with Crippen molar-refractivity contribution >= 4 is 69.3 Å². The molecule has 2 aliphatic heterocycles. The van der Waals surface area contributed by atoms with E-state index in [0.29, 0.717) is 54.9 Å². The van der Waals surface area contributed by atoms with Crippen LogP contribution in [0.25, 0.3) is 15.4 Å². The number of fused-ring (bicyclic) bond motifs is 3. The molecule has 0 saturated carbocycles. The maximum atomic E-state index is 14.0. The molecular formula is C54H62ClN9O8S2. The van der Waals surface area contributed by atoms with Gasteiger partial charge in [0.25, 0.3) is 0 Å². The minimum absolute atomic E-state index is 0.0175. The SMILES string of the molecule is Cc1ncsc1-c1ccc(CNC(=O)[C@@H]2C[C@@H](O)CN2C(=O)C(NC(=O)COCCCOCCCOc2ccc(NC(=O)CC3N=C(c4ccc(Cl)cc4)c4c(sc(C)c4C)-n4cnnc43)cc2)C(C)(C)C)cc1. The highest BCUT2D eigenvalue weighted by molar-refractivity contribution is 7.15. The first-order chi connectivity index (χ1) is 35.5. The predicted molar refractivity (Wildman–Crippen MR) is 286 cm³/mol. The minimum atomic E-state index is -0.963. The highest BCUT2D eigenvalue weighted by atomic mass is 35.5. The number of thiophene rings is 1. The number of anilines is 1. The van der Waals surface area contributed by atoms with Crippen LogP contribution in [0.15, 0.2) is 89.6 Å². The first kappa shape index (κ1) is 53.9. The van der Waals surface area contributed by atoms with E-state index in [2.05, 4.69) is 45.0 Å². The van der Waals surface area contributed by atoms with Gasteiger partial charge in [0.2, 0.25) is 23.6 Å². The Morgan fingerprint density at radius 2 is 1.59 bits per heavy atom. The summed E-state index contributed by atoms with van der Waals surface area (Å²) in [6.07, 6.45) is 2.13. The molecule has 4 N–H and O–H groups in total. The normalized spacial score (nSPS) is 16.7. The lowest BCUT2D eigenvalue weighted by atomic mass is 9.85. The Balaban J connectivity index is 0.717. The monoisotopic (exact) mass is 1060 g/mol. The Morgan fingerprint density at radius 1 is 0.892 bits per heavy atom. The van der Waals surface area contributed by atoms with E-state index in [1.165, 1.54) is 4.90 Å². The average molecular weight is 1060 g/mol. The van der Waals surface area contributed by atoms with Crippen LogP contribution in [0.2, 0.25) is 5.02 Å². The predicted octanol–water partition coefficient (Wildman–Crippen LogP) is 7.95. The van der Waals surface area contributed by atoms with Crippen LogP contribution >= 0.6 is 34.3 Å². The number of likely N-dealkylation sites (tertiary alicyclic amines) is 1. The zero-order valence-electron chi connectivity index (χ0n) is 42.4. The van der Waals surface area contributed by atoms with E-state index in [1.54, 1.807) is 53.3 Å². The highest BCUT2D eigenvalue weighted by Crippen LogP contribution is 2.39. The Morgan fingerprint density at radius 3 is 2.30 bits per heavy atom. The number of ether oxygens (including phenoxy) is 3. The fourth-order valence-electron chi connectivity index (χ4n) is 8.81. The van der Waals surface area contributed by atoms with Crippen molar-refractivity contribution in [1.29, 1.82) is 0 Å². The molecule has 0 radical (unpaired) electrons. The van der Waals surface area contributed by atoms with Crippen LogP contribution in [0, 0.1) is 26.2 Å². The first-order valence-corrected chi connectivity index (χ1v) is 26.7. The van der Waals surface area contributed by atoms with Gasteiger partial charge >= 0.3 is 0 Å². The number of amides is 4. The van der Waals surface area contributed by atoms with Gasteiger partial charge in [-0.2, -0.15) is 0 Å². The van der Waals surface area contributed by atoms with Gasteiger partial charge in [0.05, 0.1) is 40.9 Å². The van der Waals surface area contributed by atoms with Gasteiger partial charge in [0, 0.05) is 72.5 Å². The van der Waals surface area contributed by atoms with Crippen LogP contribution in [-0.2, 0) is 35.2 Å². The van der Waals surface area contributed by atoms with E-state index in [9.17, 15) is 24.3 Å². The molecule has 3 aromatic carbocycles. The molecule has 0 spiro atoms. The molecule has 2 unspecified atom stereocenters. The van der Waals surface area contributed by atoms with E-state index in [1.807, 2.05) is 86.3 Å². The molecule has 0 bridgehead atoms. The number of aliphatic imine (C=N–C) groups is 1. The van der Waals surface area contributed by atoms with Gasteiger partial charge in [-0.05, 0) is 85.7 Å². The van der Waals surface area contributed by atoms with Crippen molar-refractivity contribution in [3.05, 3.63) is 128 Å². The van der Waals surface area contributed by atoms with Gasteiger partial charge in [-0.25, -0.2) is 4.98 Å². The number of carbonyl (C=O) groups is 4. The van der Waals surface area contributed by atoms with Crippen LogP contribution in [0.1, 0.15) is 91.1 Å². The fraction of sp³-hybridized carbons (Fsp3) is 0.407. The second kappa shape index (κ2) is 24.3. The molecule has 2 aliphatic rings. The van der Waals surface area contributed by atoms with E-state index >= 15 is 0 Å². The fourth-order valence-corrected chi connectivity index (χ4v) is 10.9. The van der Waals surface area contributed by atoms with Crippen molar-refractivity contribution in [2.75, 3.05) is 44.9 Å². The zero-order chi connectivity index (χ0) is 52.5. The number of aliphatic hydroxyl groups excluding tert-OH is 1. The smallest absolute Gasteiger partial charge is 0.246 e. The standard InChI is InChI=1S/C54H62ClN9O8S2/c1-32-34(3)74-53-46(32)47(36-13-15-38(55)16-14-36)60-42(50-62-58-30-64(50)53)26-44(66)59-39-17-19-41(20-18-39)72-24-8-22-70-21-7-23-71-29-45(67)61-49(54(4,5)6)52(69)63-28-40(65)25-43(63)51(68)56-27-35-9-11-37(12-10-35)48-33(2)57-31-73-48/h9-20,30-31,40,42-43,49,65H,7-8,21-29H2,1-6H3,(H,56,68)(H,59,66)(H,61,67)/t40-,42?,43+,49?/m1/s1. The number of hydrogen-bond donors (Lipinski definition) is 4. The van der Waals surface area contributed by atoms with Crippen LogP contribution in [0.5, 0.6) is 5.75 Å². The molecule has 5 heterocycles. The summed E-state index contributed by atoms with van der Waals surface area (Å²) in [5, 5.41) is 29.5. The molecule has 390 valence electrons. The van der Waals surface area contributed by atoms with Gasteiger partial charge < -0.3 is 40.2 Å². The van der Waals surface area contributed by atoms with E-state index in [0.717, 1.165) is 54.0 Å². The number of nitrogens with zero attached hydrogens (tertiary/aromatic N) is 6. The molecule has 4 atom stereocenters. The van der Waals surface area contributed by atoms with Crippen molar-refractivity contribution in [3.8, 4) is 21.2 Å². The number of nitrogens with one attached hydrogen (secondary N) is 3. The topological polar surface area (TPSA) is 211 Å². The van der Waals surface area contributed by atoms with Gasteiger partial charge in [0.1, 0.15) is 41.8 Å². The maximum absolute atomic E-state index is 14.0. The van der Waals surface area contributed by atoms with Crippen LogP contribution in [-0.4, -0.2) is 117 Å². The lowest BCUT2D eigenvalue weighted by Crippen LogP contribution is -2.58. The lowest BCUT2D eigenvalue weighted by Gasteiger charge is -2.35. The summed E-state index contributed by atoms with van der Waals surface area (Å²) in [5.41, 5.74) is 8.41.